The molecule has 0 saturated heterocycles. The molecule has 104 valence electrons. The predicted molar refractivity (Wildman–Crippen MR) is 78.1 cm³/mol. The second-order valence-electron chi connectivity index (χ2n) is 4.23. The molecule has 0 bridgehead atoms. The van der Waals surface area contributed by atoms with Gasteiger partial charge in [-0.3, -0.25) is 10.1 Å². The Hall–Kier alpha value is -1.86. The zero-order valence-corrected chi connectivity index (χ0v) is 12.4. The molecule has 1 N–H and O–H groups in total. The quantitative estimate of drug-likeness (QED) is 0.670. The lowest BCUT2D eigenvalue weighted by atomic mass is 10.2. The number of rotatable bonds is 5. The average Bonchev–Trinajstić information content (AvgIpc) is 2.40. The van der Waals surface area contributed by atoms with Crippen molar-refractivity contribution in [2.75, 3.05) is 0 Å². The Morgan fingerprint density at radius 3 is 2.85 bits per heavy atom. The van der Waals surface area contributed by atoms with Gasteiger partial charge in [-0.15, -0.1) is 0 Å². The Bertz CT molecular complexity index is 634. The van der Waals surface area contributed by atoms with E-state index in [0.717, 1.165) is 5.69 Å². The van der Waals surface area contributed by atoms with E-state index < -0.39 is 0 Å². The maximum Gasteiger partial charge on any atom is 0.275 e. The van der Waals surface area contributed by atoms with Crippen molar-refractivity contribution in [2.45, 2.75) is 20.0 Å². The molecule has 7 heteroatoms. The molecule has 0 atom stereocenters. The molecule has 6 nitrogen and oxygen atoms in total. The van der Waals surface area contributed by atoms with Crippen LogP contribution in [0.25, 0.3) is 0 Å². The van der Waals surface area contributed by atoms with E-state index in [1.54, 1.807) is 18.3 Å². The van der Waals surface area contributed by atoms with Gasteiger partial charge in [0.1, 0.15) is 5.82 Å². The molecule has 0 unspecified atom stereocenters. The zero-order chi connectivity index (χ0) is 14.5. The lowest BCUT2D eigenvalue weighted by Gasteiger charge is -2.06. The van der Waals surface area contributed by atoms with Crippen LogP contribution < -0.4 is 5.32 Å². The molecule has 2 rings (SSSR count). The number of nitro groups is 1. The Labute approximate surface area is 124 Å². The third-order valence-corrected chi connectivity index (χ3v) is 3.19. The van der Waals surface area contributed by atoms with Crippen LogP contribution in [0, 0.1) is 17.0 Å². The molecule has 20 heavy (non-hydrogen) atoms. The first-order valence-corrected chi connectivity index (χ1v) is 6.77. The fourth-order valence-electron chi connectivity index (χ4n) is 1.79. The molecular weight excluding hydrogens is 324 g/mol. The number of hydrogen-bond donors (Lipinski definition) is 1. The normalized spacial score (nSPS) is 10.5. The van der Waals surface area contributed by atoms with Crippen LogP contribution >= 0.6 is 15.9 Å². The highest BCUT2D eigenvalue weighted by Gasteiger charge is 2.13. The molecule has 2 aromatic rings. The van der Waals surface area contributed by atoms with Crippen molar-refractivity contribution < 1.29 is 4.92 Å². The maximum atomic E-state index is 11.0. The number of nitrogens with zero attached hydrogens (tertiary/aromatic N) is 3. The first kappa shape index (κ1) is 14.5. The van der Waals surface area contributed by atoms with E-state index in [2.05, 4.69) is 31.2 Å². The zero-order valence-electron chi connectivity index (χ0n) is 10.8. The summed E-state index contributed by atoms with van der Waals surface area (Å²) in [6.45, 7) is 2.77. The minimum atomic E-state index is -0.378. The summed E-state index contributed by atoms with van der Waals surface area (Å²) in [7, 11) is 0. The fraction of sp³-hybridized carbons (Fsp3) is 0.231. The van der Waals surface area contributed by atoms with Crippen molar-refractivity contribution in [1.29, 1.82) is 0 Å². The standard InChI is InChI=1S/C13H13BrN4O2/c1-9-16-5-4-12(17-9)8-15-7-10-2-3-11(14)6-13(10)18(19)20/h2-6,15H,7-8H2,1H3. The second kappa shape index (κ2) is 6.53. The first-order chi connectivity index (χ1) is 9.56. The van der Waals surface area contributed by atoms with E-state index in [0.29, 0.717) is 29.0 Å². The third-order valence-electron chi connectivity index (χ3n) is 2.70. The smallest absolute Gasteiger partial charge is 0.275 e. The van der Waals surface area contributed by atoms with E-state index in [1.807, 2.05) is 13.0 Å². The van der Waals surface area contributed by atoms with Gasteiger partial charge in [0.2, 0.25) is 0 Å². The van der Waals surface area contributed by atoms with Crippen molar-refractivity contribution in [3.63, 3.8) is 0 Å². The van der Waals surface area contributed by atoms with Gasteiger partial charge in [-0.05, 0) is 25.1 Å². The molecule has 1 aromatic carbocycles. The van der Waals surface area contributed by atoms with Crippen LogP contribution in [0.3, 0.4) is 0 Å². The van der Waals surface area contributed by atoms with Gasteiger partial charge in [0.05, 0.1) is 10.6 Å². The van der Waals surface area contributed by atoms with Crippen LogP contribution in [0.5, 0.6) is 0 Å². The van der Waals surface area contributed by atoms with E-state index in [4.69, 9.17) is 0 Å². The summed E-state index contributed by atoms with van der Waals surface area (Å²) in [5.74, 6) is 0.707. The van der Waals surface area contributed by atoms with E-state index in [9.17, 15) is 10.1 Å². The number of halogens is 1. The number of benzene rings is 1. The number of aromatic nitrogens is 2. The Morgan fingerprint density at radius 2 is 2.15 bits per heavy atom. The van der Waals surface area contributed by atoms with E-state index in [1.165, 1.54) is 6.07 Å². The van der Waals surface area contributed by atoms with Gasteiger partial charge in [0.15, 0.2) is 0 Å². The van der Waals surface area contributed by atoms with Crippen LogP contribution in [0.2, 0.25) is 0 Å². The van der Waals surface area contributed by atoms with Crippen molar-refractivity contribution in [2.24, 2.45) is 0 Å². The van der Waals surface area contributed by atoms with Gasteiger partial charge in [0.25, 0.3) is 5.69 Å². The van der Waals surface area contributed by atoms with E-state index >= 15 is 0 Å². The fourth-order valence-corrected chi connectivity index (χ4v) is 2.13. The average molecular weight is 337 g/mol. The Kier molecular flexibility index (Phi) is 4.75. The first-order valence-electron chi connectivity index (χ1n) is 5.98. The summed E-state index contributed by atoms with van der Waals surface area (Å²) in [6.07, 6.45) is 1.70. The van der Waals surface area contributed by atoms with E-state index in [-0.39, 0.29) is 10.6 Å². The molecule has 0 aliphatic rings. The Balaban J connectivity index is 2.02. The Morgan fingerprint density at radius 1 is 1.35 bits per heavy atom. The molecule has 0 saturated carbocycles. The van der Waals surface area contributed by atoms with Gasteiger partial charge in [-0.1, -0.05) is 15.9 Å². The molecular formula is C13H13BrN4O2. The highest BCUT2D eigenvalue weighted by atomic mass is 79.9. The van der Waals surface area contributed by atoms with Gasteiger partial charge >= 0.3 is 0 Å². The summed E-state index contributed by atoms with van der Waals surface area (Å²) < 4.78 is 0.694. The minimum Gasteiger partial charge on any atom is -0.307 e. The van der Waals surface area contributed by atoms with Gasteiger partial charge in [-0.25, -0.2) is 9.97 Å². The highest BCUT2D eigenvalue weighted by molar-refractivity contribution is 9.10. The van der Waals surface area contributed by atoms with Gasteiger partial charge < -0.3 is 5.32 Å². The molecule has 0 radical (unpaired) electrons. The van der Waals surface area contributed by atoms with Crippen LogP contribution in [0.1, 0.15) is 17.1 Å². The lowest BCUT2D eigenvalue weighted by Crippen LogP contribution is -2.15. The molecule has 0 spiro atoms. The molecule has 0 amide bonds. The molecule has 0 aliphatic heterocycles. The number of hydrogen-bond acceptors (Lipinski definition) is 5. The van der Waals surface area contributed by atoms with Crippen LogP contribution in [-0.2, 0) is 13.1 Å². The second-order valence-corrected chi connectivity index (χ2v) is 5.14. The molecule has 0 aliphatic carbocycles. The number of nitrogens with one attached hydrogen (secondary N) is 1. The van der Waals surface area contributed by atoms with Gasteiger partial charge in [-0.2, -0.15) is 0 Å². The number of aryl methyl sites for hydroxylation is 1. The molecule has 1 aromatic heterocycles. The third kappa shape index (κ3) is 3.82. The largest absolute Gasteiger partial charge is 0.307 e. The monoisotopic (exact) mass is 336 g/mol. The maximum absolute atomic E-state index is 11.0. The van der Waals surface area contributed by atoms with Gasteiger partial charge in [0, 0.05) is 35.4 Å². The minimum absolute atomic E-state index is 0.103. The van der Waals surface area contributed by atoms with Crippen LogP contribution in [0.15, 0.2) is 34.9 Å². The van der Waals surface area contributed by atoms with Crippen molar-refractivity contribution in [1.82, 2.24) is 15.3 Å². The van der Waals surface area contributed by atoms with Crippen molar-refractivity contribution in [3.05, 3.63) is 62.1 Å². The SMILES string of the molecule is Cc1nccc(CNCc2ccc(Br)cc2[N+](=O)[O-])n1. The molecule has 0 fully saturated rings. The summed E-state index contributed by atoms with van der Waals surface area (Å²) in [5, 5.41) is 14.1. The predicted octanol–water partition coefficient (Wildman–Crippen LogP) is 2.75. The summed E-state index contributed by atoms with van der Waals surface area (Å²) in [4.78, 5) is 18.9. The highest BCUT2D eigenvalue weighted by Crippen LogP contribution is 2.23. The molecule has 1 heterocycles. The van der Waals surface area contributed by atoms with Crippen LogP contribution in [0.4, 0.5) is 5.69 Å². The van der Waals surface area contributed by atoms with Crippen molar-refractivity contribution in [3.8, 4) is 0 Å². The summed E-state index contributed by atoms with van der Waals surface area (Å²) in [5.41, 5.74) is 1.60. The summed E-state index contributed by atoms with van der Waals surface area (Å²) >= 11 is 3.24. The van der Waals surface area contributed by atoms with Crippen molar-refractivity contribution >= 4 is 21.6 Å². The topological polar surface area (TPSA) is 81.0 Å². The number of nitro benzene ring substituents is 1. The van der Waals surface area contributed by atoms with Crippen LogP contribution in [-0.4, -0.2) is 14.9 Å². The lowest BCUT2D eigenvalue weighted by molar-refractivity contribution is -0.385. The summed E-state index contributed by atoms with van der Waals surface area (Å²) in [6, 6.07) is 6.85.